The van der Waals surface area contributed by atoms with E-state index in [1.807, 2.05) is 37.4 Å². The molecule has 0 amide bonds. The zero-order valence-electron chi connectivity index (χ0n) is 7.94. The Labute approximate surface area is 88.9 Å². The maximum atomic E-state index is 3.07. The molecule has 1 rings (SSSR count). The summed E-state index contributed by atoms with van der Waals surface area (Å²) in [6.45, 7) is 3.71. The highest BCUT2D eigenvalue weighted by atomic mass is 32.2. The first kappa shape index (κ1) is 10.6. The summed E-state index contributed by atoms with van der Waals surface area (Å²) in [5, 5.41) is 0. The van der Waals surface area contributed by atoms with Gasteiger partial charge in [-0.15, -0.1) is 35.4 Å². The van der Waals surface area contributed by atoms with Crippen LogP contribution in [0.3, 0.4) is 0 Å². The van der Waals surface area contributed by atoms with Gasteiger partial charge in [-0.1, -0.05) is 11.8 Å². The summed E-state index contributed by atoms with van der Waals surface area (Å²) in [6, 6.07) is 0. The van der Waals surface area contributed by atoms with Crippen molar-refractivity contribution in [1.82, 2.24) is 0 Å². The Kier molecular flexibility index (Phi) is 4.98. The van der Waals surface area contributed by atoms with Gasteiger partial charge < -0.3 is 0 Å². The van der Waals surface area contributed by atoms with Gasteiger partial charge in [-0.05, 0) is 31.8 Å². The molecule has 1 fully saturated rings. The lowest BCUT2D eigenvalue weighted by molar-refractivity contribution is 1.12. The molecule has 0 spiro atoms. The average Bonchev–Trinajstić information content (AvgIpc) is 2.19. The standard InChI is InChI=1S/C11H12S2/c1-3-6-10(7-4-2)11-12-8-5-9-13-11/h5,8-9H2,1-2H3. The van der Waals surface area contributed by atoms with Crippen molar-refractivity contribution in [2.75, 3.05) is 11.5 Å². The molecule has 0 aromatic rings. The maximum Gasteiger partial charge on any atom is 0.0943 e. The van der Waals surface area contributed by atoms with Crippen LogP contribution in [0.2, 0.25) is 0 Å². The summed E-state index contributed by atoms with van der Waals surface area (Å²) in [5.41, 5.74) is 1.01. The lowest BCUT2D eigenvalue weighted by Gasteiger charge is -2.12. The van der Waals surface area contributed by atoms with E-state index in [0.29, 0.717) is 0 Å². The van der Waals surface area contributed by atoms with Crippen molar-refractivity contribution in [2.45, 2.75) is 20.3 Å². The van der Waals surface area contributed by atoms with Gasteiger partial charge in [-0.25, -0.2) is 0 Å². The predicted molar refractivity (Wildman–Crippen MR) is 63.5 cm³/mol. The molecule has 0 aromatic heterocycles. The molecule has 0 bridgehead atoms. The molecular formula is C11H12S2. The lowest BCUT2D eigenvalue weighted by Crippen LogP contribution is -1.94. The summed E-state index contributed by atoms with van der Waals surface area (Å²) < 4.78 is 1.31. The number of allylic oxidation sites excluding steroid dienone is 1. The molecule has 2 heteroatoms. The Bertz CT molecular complexity index is 287. The van der Waals surface area contributed by atoms with Gasteiger partial charge in [0.2, 0.25) is 0 Å². The maximum absolute atomic E-state index is 3.07. The van der Waals surface area contributed by atoms with Crippen LogP contribution in [0.25, 0.3) is 0 Å². The van der Waals surface area contributed by atoms with Gasteiger partial charge in [-0.2, -0.15) is 0 Å². The van der Waals surface area contributed by atoms with Crippen LogP contribution in [-0.4, -0.2) is 11.5 Å². The predicted octanol–water partition coefficient (Wildman–Crippen LogP) is 3.11. The quantitative estimate of drug-likeness (QED) is 0.561. The first-order valence-electron chi connectivity index (χ1n) is 4.24. The van der Waals surface area contributed by atoms with Crippen molar-refractivity contribution in [3.63, 3.8) is 0 Å². The monoisotopic (exact) mass is 208 g/mol. The first-order chi connectivity index (χ1) is 6.38. The van der Waals surface area contributed by atoms with Crippen LogP contribution in [0.1, 0.15) is 20.3 Å². The largest absolute Gasteiger partial charge is 0.117 e. The average molecular weight is 208 g/mol. The number of hydrogen-bond acceptors (Lipinski definition) is 2. The van der Waals surface area contributed by atoms with Crippen molar-refractivity contribution < 1.29 is 0 Å². The smallest absolute Gasteiger partial charge is 0.0943 e. The van der Waals surface area contributed by atoms with E-state index in [1.165, 1.54) is 22.2 Å². The molecule has 13 heavy (non-hydrogen) atoms. The Morgan fingerprint density at radius 3 is 2.08 bits per heavy atom. The van der Waals surface area contributed by atoms with Gasteiger partial charge in [0, 0.05) is 0 Å². The van der Waals surface area contributed by atoms with E-state index in [4.69, 9.17) is 0 Å². The van der Waals surface area contributed by atoms with Gasteiger partial charge in [0.15, 0.2) is 0 Å². The van der Waals surface area contributed by atoms with Gasteiger partial charge in [0.25, 0.3) is 0 Å². The highest BCUT2D eigenvalue weighted by molar-refractivity contribution is 8.22. The normalized spacial score (nSPS) is 15.1. The molecule has 0 nitrogen and oxygen atoms in total. The fourth-order valence-electron chi connectivity index (χ4n) is 0.958. The van der Waals surface area contributed by atoms with Crippen molar-refractivity contribution >= 4 is 23.5 Å². The van der Waals surface area contributed by atoms with Crippen LogP contribution < -0.4 is 0 Å². The second-order valence-electron chi connectivity index (χ2n) is 2.46. The molecule has 0 N–H and O–H groups in total. The Hall–Kier alpha value is -0.440. The molecule has 0 aromatic carbocycles. The van der Waals surface area contributed by atoms with Crippen LogP contribution >= 0.6 is 23.5 Å². The van der Waals surface area contributed by atoms with Crippen molar-refractivity contribution in [2.24, 2.45) is 0 Å². The number of rotatable bonds is 0. The molecule has 0 saturated carbocycles. The van der Waals surface area contributed by atoms with E-state index >= 15 is 0 Å². The molecule has 0 atom stereocenters. The SMILES string of the molecule is CC#CC(C#CC)=C1SCCCS1. The summed E-state index contributed by atoms with van der Waals surface area (Å²) in [7, 11) is 0. The van der Waals surface area contributed by atoms with E-state index in [0.717, 1.165) is 5.57 Å². The number of hydrogen-bond donors (Lipinski definition) is 0. The molecule has 0 unspecified atom stereocenters. The molecule has 0 aliphatic carbocycles. The molecule has 0 radical (unpaired) electrons. The van der Waals surface area contributed by atoms with Crippen LogP contribution in [0, 0.1) is 23.7 Å². The van der Waals surface area contributed by atoms with Gasteiger partial charge in [0.05, 0.1) is 9.81 Å². The summed E-state index contributed by atoms with van der Waals surface area (Å²) in [4.78, 5) is 0. The molecule has 1 aliphatic heterocycles. The third-order valence-electron chi connectivity index (χ3n) is 1.46. The first-order valence-corrected chi connectivity index (χ1v) is 6.21. The fourth-order valence-corrected chi connectivity index (χ4v) is 3.41. The molecular weight excluding hydrogens is 196 g/mol. The highest BCUT2D eigenvalue weighted by Gasteiger charge is 2.09. The second kappa shape index (κ2) is 6.08. The van der Waals surface area contributed by atoms with E-state index in [-0.39, 0.29) is 0 Å². The Morgan fingerprint density at radius 2 is 1.62 bits per heavy atom. The highest BCUT2D eigenvalue weighted by Crippen LogP contribution is 2.36. The molecule has 68 valence electrons. The van der Waals surface area contributed by atoms with Crippen LogP contribution in [0.5, 0.6) is 0 Å². The van der Waals surface area contributed by atoms with E-state index in [1.54, 1.807) is 0 Å². The van der Waals surface area contributed by atoms with Crippen LogP contribution in [0.4, 0.5) is 0 Å². The minimum atomic E-state index is 1.01. The summed E-state index contributed by atoms with van der Waals surface area (Å²) in [5.74, 6) is 14.4. The van der Waals surface area contributed by atoms with Crippen LogP contribution in [0.15, 0.2) is 9.81 Å². The summed E-state index contributed by atoms with van der Waals surface area (Å²) in [6.07, 6.45) is 1.30. The Balaban J connectivity index is 2.88. The summed E-state index contributed by atoms with van der Waals surface area (Å²) >= 11 is 3.78. The van der Waals surface area contributed by atoms with E-state index < -0.39 is 0 Å². The van der Waals surface area contributed by atoms with Gasteiger partial charge in [0.1, 0.15) is 0 Å². The van der Waals surface area contributed by atoms with Crippen molar-refractivity contribution in [3.05, 3.63) is 9.81 Å². The lowest BCUT2D eigenvalue weighted by atomic mass is 10.3. The van der Waals surface area contributed by atoms with E-state index in [2.05, 4.69) is 23.7 Å². The topological polar surface area (TPSA) is 0 Å². The van der Waals surface area contributed by atoms with E-state index in [9.17, 15) is 0 Å². The number of thioether (sulfide) groups is 2. The molecule has 1 heterocycles. The van der Waals surface area contributed by atoms with Crippen molar-refractivity contribution in [1.29, 1.82) is 0 Å². The second-order valence-corrected chi connectivity index (χ2v) is 4.93. The minimum absolute atomic E-state index is 1.01. The van der Waals surface area contributed by atoms with Crippen molar-refractivity contribution in [3.8, 4) is 23.7 Å². The minimum Gasteiger partial charge on any atom is -0.117 e. The third kappa shape index (κ3) is 3.43. The van der Waals surface area contributed by atoms with Gasteiger partial charge >= 0.3 is 0 Å². The van der Waals surface area contributed by atoms with Gasteiger partial charge in [-0.3, -0.25) is 0 Å². The fraction of sp³-hybridized carbons (Fsp3) is 0.455. The zero-order valence-corrected chi connectivity index (χ0v) is 9.57. The molecule has 1 saturated heterocycles. The zero-order chi connectivity index (χ0) is 9.52. The third-order valence-corrected chi connectivity index (χ3v) is 4.08. The Morgan fingerprint density at radius 1 is 1.08 bits per heavy atom. The molecule has 1 aliphatic rings. The van der Waals surface area contributed by atoms with Crippen LogP contribution in [-0.2, 0) is 0 Å².